The molecule has 0 aromatic rings. The Balaban J connectivity index is 2.63. The average Bonchev–Trinajstić information content (AvgIpc) is 2.85. The summed E-state index contributed by atoms with van der Waals surface area (Å²) < 4.78 is 0. The van der Waals surface area contributed by atoms with Gasteiger partial charge < -0.3 is 15.7 Å². The fraction of sp³-hybridized carbons (Fsp3) is 0.875. The van der Waals surface area contributed by atoms with E-state index in [-0.39, 0.29) is 24.2 Å². The quantitative estimate of drug-likeness (QED) is 0.668. The van der Waals surface area contributed by atoms with Gasteiger partial charge in [0.15, 0.2) is 0 Å². The van der Waals surface area contributed by atoms with E-state index < -0.39 is 11.6 Å². The van der Waals surface area contributed by atoms with Crippen molar-refractivity contribution in [3.63, 3.8) is 0 Å². The molecule has 1 fully saturated rings. The van der Waals surface area contributed by atoms with Crippen LogP contribution in [0.25, 0.3) is 0 Å². The minimum Gasteiger partial charge on any atom is -0.392 e. The molecule has 0 aliphatic heterocycles. The van der Waals surface area contributed by atoms with Crippen LogP contribution in [0.5, 0.6) is 0 Å². The molecule has 1 saturated carbocycles. The van der Waals surface area contributed by atoms with E-state index in [1.807, 2.05) is 27.7 Å². The van der Waals surface area contributed by atoms with Gasteiger partial charge in [-0.3, -0.25) is 9.59 Å². The first-order valence-electron chi connectivity index (χ1n) is 8.04. The van der Waals surface area contributed by atoms with Gasteiger partial charge in [0.2, 0.25) is 11.8 Å². The van der Waals surface area contributed by atoms with Crippen molar-refractivity contribution in [3.05, 3.63) is 0 Å². The molecule has 1 unspecified atom stereocenters. The number of rotatable bonds is 7. The maximum atomic E-state index is 12.4. The van der Waals surface area contributed by atoms with Crippen LogP contribution in [0.4, 0.5) is 0 Å². The van der Waals surface area contributed by atoms with Crippen LogP contribution >= 0.6 is 0 Å². The second kappa shape index (κ2) is 7.78. The SMILES string of the molecule is CC(C)CNC(=O)C1(NC(=O)CC(O)C(C)C)CCCC1. The zero-order valence-electron chi connectivity index (χ0n) is 13.7. The van der Waals surface area contributed by atoms with Gasteiger partial charge in [-0.25, -0.2) is 0 Å². The number of amides is 2. The monoisotopic (exact) mass is 298 g/mol. The summed E-state index contributed by atoms with van der Waals surface area (Å²) in [6.07, 6.45) is 2.64. The van der Waals surface area contributed by atoms with Crippen molar-refractivity contribution in [2.75, 3.05) is 6.54 Å². The number of carbonyl (C=O) groups excluding carboxylic acids is 2. The summed E-state index contributed by atoms with van der Waals surface area (Å²) in [6, 6.07) is 0. The number of hydrogen-bond acceptors (Lipinski definition) is 3. The largest absolute Gasteiger partial charge is 0.392 e. The van der Waals surface area contributed by atoms with E-state index in [0.717, 1.165) is 12.8 Å². The molecule has 122 valence electrons. The molecule has 1 rings (SSSR count). The first-order chi connectivity index (χ1) is 9.77. The molecule has 3 N–H and O–H groups in total. The van der Waals surface area contributed by atoms with Crippen molar-refractivity contribution in [2.45, 2.75) is 71.4 Å². The predicted octanol–water partition coefficient (Wildman–Crippen LogP) is 1.59. The Morgan fingerprint density at radius 3 is 2.19 bits per heavy atom. The summed E-state index contributed by atoms with van der Waals surface area (Å²) in [5.41, 5.74) is -0.775. The molecule has 5 nitrogen and oxygen atoms in total. The molecule has 0 aromatic carbocycles. The Labute approximate surface area is 127 Å². The Morgan fingerprint density at radius 2 is 1.71 bits per heavy atom. The van der Waals surface area contributed by atoms with Gasteiger partial charge in [-0.1, -0.05) is 40.5 Å². The summed E-state index contributed by atoms with van der Waals surface area (Å²) >= 11 is 0. The molecule has 21 heavy (non-hydrogen) atoms. The number of hydrogen-bond donors (Lipinski definition) is 3. The van der Waals surface area contributed by atoms with Gasteiger partial charge in [-0.2, -0.15) is 0 Å². The Bertz CT molecular complexity index is 361. The molecule has 1 atom stereocenters. The molecule has 0 bridgehead atoms. The van der Waals surface area contributed by atoms with Gasteiger partial charge in [0.05, 0.1) is 12.5 Å². The van der Waals surface area contributed by atoms with E-state index in [1.54, 1.807) is 0 Å². The number of aliphatic hydroxyl groups excluding tert-OH is 1. The van der Waals surface area contributed by atoms with Crippen LogP contribution in [0.2, 0.25) is 0 Å². The third kappa shape index (κ3) is 5.30. The fourth-order valence-electron chi connectivity index (χ4n) is 2.60. The fourth-order valence-corrected chi connectivity index (χ4v) is 2.60. The molecular formula is C16H30N2O3. The topological polar surface area (TPSA) is 78.4 Å². The molecule has 0 heterocycles. The summed E-state index contributed by atoms with van der Waals surface area (Å²) in [5.74, 6) is 0.0924. The van der Waals surface area contributed by atoms with Gasteiger partial charge in [-0.15, -0.1) is 0 Å². The maximum Gasteiger partial charge on any atom is 0.245 e. The van der Waals surface area contributed by atoms with E-state index in [1.165, 1.54) is 0 Å². The highest BCUT2D eigenvalue weighted by molar-refractivity contribution is 5.91. The van der Waals surface area contributed by atoms with Crippen LogP contribution < -0.4 is 10.6 Å². The lowest BCUT2D eigenvalue weighted by molar-refractivity contribution is -0.134. The lowest BCUT2D eigenvalue weighted by atomic mass is 9.94. The Morgan fingerprint density at radius 1 is 1.14 bits per heavy atom. The summed E-state index contributed by atoms with van der Waals surface area (Å²) in [7, 11) is 0. The second-order valence-electron chi connectivity index (χ2n) is 6.96. The Kier molecular flexibility index (Phi) is 6.65. The first kappa shape index (κ1) is 18.0. The normalized spacial score (nSPS) is 18.8. The van der Waals surface area contributed by atoms with Crippen LogP contribution in [-0.4, -0.2) is 35.1 Å². The highest BCUT2D eigenvalue weighted by Crippen LogP contribution is 2.30. The highest BCUT2D eigenvalue weighted by atomic mass is 16.3. The molecular weight excluding hydrogens is 268 g/mol. The predicted molar refractivity (Wildman–Crippen MR) is 82.7 cm³/mol. The second-order valence-corrected chi connectivity index (χ2v) is 6.96. The lowest BCUT2D eigenvalue weighted by Gasteiger charge is -2.30. The summed E-state index contributed by atoms with van der Waals surface area (Å²) in [4.78, 5) is 24.5. The van der Waals surface area contributed by atoms with E-state index in [4.69, 9.17) is 0 Å². The molecule has 5 heteroatoms. The van der Waals surface area contributed by atoms with Crippen molar-refractivity contribution in [1.29, 1.82) is 0 Å². The van der Waals surface area contributed by atoms with Crippen molar-refractivity contribution < 1.29 is 14.7 Å². The van der Waals surface area contributed by atoms with E-state index in [2.05, 4.69) is 10.6 Å². The zero-order valence-corrected chi connectivity index (χ0v) is 13.7. The highest BCUT2D eigenvalue weighted by Gasteiger charge is 2.42. The molecule has 1 aliphatic carbocycles. The van der Waals surface area contributed by atoms with Crippen LogP contribution in [-0.2, 0) is 9.59 Å². The van der Waals surface area contributed by atoms with Crippen molar-refractivity contribution >= 4 is 11.8 Å². The smallest absolute Gasteiger partial charge is 0.245 e. The lowest BCUT2D eigenvalue weighted by Crippen LogP contribution is -2.58. The van der Waals surface area contributed by atoms with Crippen molar-refractivity contribution in [2.24, 2.45) is 11.8 Å². The van der Waals surface area contributed by atoms with Gasteiger partial charge >= 0.3 is 0 Å². The molecule has 0 saturated heterocycles. The maximum absolute atomic E-state index is 12.4. The van der Waals surface area contributed by atoms with Crippen molar-refractivity contribution in [1.82, 2.24) is 10.6 Å². The van der Waals surface area contributed by atoms with Crippen LogP contribution in [0.3, 0.4) is 0 Å². The number of aliphatic hydroxyl groups is 1. The Hall–Kier alpha value is -1.10. The molecule has 0 spiro atoms. The van der Waals surface area contributed by atoms with E-state index >= 15 is 0 Å². The molecule has 0 radical (unpaired) electrons. The standard InChI is InChI=1S/C16H30N2O3/c1-11(2)10-17-15(21)16(7-5-6-8-16)18-14(20)9-13(19)12(3)4/h11-13,19H,5-10H2,1-4H3,(H,17,21)(H,18,20). The van der Waals surface area contributed by atoms with Gasteiger partial charge in [0.25, 0.3) is 0 Å². The van der Waals surface area contributed by atoms with Crippen LogP contribution in [0.1, 0.15) is 59.8 Å². The van der Waals surface area contributed by atoms with E-state index in [0.29, 0.717) is 25.3 Å². The zero-order chi connectivity index (χ0) is 16.0. The molecule has 0 aromatic heterocycles. The first-order valence-corrected chi connectivity index (χ1v) is 8.04. The van der Waals surface area contributed by atoms with Crippen LogP contribution in [0, 0.1) is 11.8 Å². The minimum atomic E-state index is -0.775. The number of carbonyl (C=O) groups is 2. The molecule has 2 amide bonds. The number of nitrogens with one attached hydrogen (secondary N) is 2. The van der Waals surface area contributed by atoms with Crippen LogP contribution in [0.15, 0.2) is 0 Å². The minimum absolute atomic E-state index is 0.0324. The van der Waals surface area contributed by atoms with Gasteiger partial charge in [-0.05, 0) is 24.7 Å². The average molecular weight is 298 g/mol. The van der Waals surface area contributed by atoms with Gasteiger partial charge in [0, 0.05) is 6.54 Å². The molecule has 1 aliphatic rings. The van der Waals surface area contributed by atoms with E-state index in [9.17, 15) is 14.7 Å². The third-order valence-electron chi connectivity index (χ3n) is 4.11. The summed E-state index contributed by atoms with van der Waals surface area (Å²) in [5, 5.41) is 15.6. The summed E-state index contributed by atoms with van der Waals surface area (Å²) in [6.45, 7) is 8.45. The third-order valence-corrected chi connectivity index (χ3v) is 4.11. The van der Waals surface area contributed by atoms with Crippen molar-refractivity contribution in [3.8, 4) is 0 Å². The van der Waals surface area contributed by atoms with Gasteiger partial charge in [0.1, 0.15) is 5.54 Å².